The molecule has 3 N–H and O–H groups in total. The molecule has 7 heteroatoms. The number of nitrogen functional groups attached to an aromatic ring is 1. The molecule has 0 saturated heterocycles. The average Bonchev–Trinajstić information content (AvgIpc) is 3.03. The number of aromatic nitrogens is 1. The van der Waals surface area contributed by atoms with Crippen molar-refractivity contribution in [1.82, 2.24) is 4.98 Å². The van der Waals surface area contributed by atoms with Gasteiger partial charge in [-0.2, -0.15) is 0 Å². The first kappa shape index (κ1) is 17.9. The van der Waals surface area contributed by atoms with Crippen LogP contribution < -0.4 is 11.1 Å². The van der Waals surface area contributed by atoms with Crippen LogP contribution in [0.2, 0.25) is 0 Å². The molecule has 2 heterocycles. The number of nitrogens with zero attached hydrogens (tertiary/aromatic N) is 1. The van der Waals surface area contributed by atoms with Gasteiger partial charge < -0.3 is 15.8 Å². The van der Waals surface area contributed by atoms with Crippen molar-refractivity contribution in [3.63, 3.8) is 0 Å². The van der Waals surface area contributed by atoms with Gasteiger partial charge >= 0.3 is 5.97 Å². The largest absolute Gasteiger partial charge is 0.465 e. The monoisotopic (exact) mass is 391 g/mol. The maximum atomic E-state index is 12.9. The summed E-state index contributed by atoms with van der Waals surface area (Å²) < 4.78 is 4.77. The lowest BCUT2D eigenvalue weighted by Gasteiger charge is -2.09. The van der Waals surface area contributed by atoms with E-state index in [0.717, 1.165) is 21.9 Å². The van der Waals surface area contributed by atoms with Crippen LogP contribution in [-0.4, -0.2) is 24.0 Å². The Balaban J connectivity index is 1.76. The number of amides is 1. The van der Waals surface area contributed by atoms with Gasteiger partial charge in [-0.05, 0) is 30.7 Å². The summed E-state index contributed by atoms with van der Waals surface area (Å²) in [5.74, 6) is -0.916. The minimum absolute atomic E-state index is 0.275. The highest BCUT2D eigenvalue weighted by atomic mass is 32.1. The molecule has 0 bridgehead atoms. The number of nitrogens with two attached hydrogens (primary N) is 1. The number of anilines is 2. The third-order valence-electron chi connectivity index (χ3n) is 4.53. The number of aryl methyl sites for hydroxylation is 1. The Morgan fingerprint density at radius 3 is 2.71 bits per heavy atom. The van der Waals surface area contributed by atoms with Crippen LogP contribution in [0.3, 0.4) is 0 Å². The van der Waals surface area contributed by atoms with Crippen LogP contribution in [-0.2, 0) is 4.74 Å². The van der Waals surface area contributed by atoms with E-state index in [0.29, 0.717) is 21.1 Å². The first-order valence-electron chi connectivity index (χ1n) is 8.56. The predicted molar refractivity (Wildman–Crippen MR) is 112 cm³/mol. The Bertz CT molecular complexity index is 1250. The van der Waals surface area contributed by atoms with Crippen LogP contribution in [0.25, 0.3) is 21.1 Å². The minimum Gasteiger partial charge on any atom is -0.465 e. The number of carbonyl (C=O) groups is 2. The molecule has 2 aromatic carbocycles. The number of methoxy groups -OCH3 is 1. The number of benzene rings is 2. The smallest absolute Gasteiger partial charge is 0.339 e. The molecule has 2 aromatic heterocycles. The predicted octanol–water partition coefficient (Wildman–Crippen LogP) is 4.38. The number of pyridine rings is 1. The zero-order chi connectivity index (χ0) is 19.8. The van der Waals surface area contributed by atoms with E-state index in [-0.39, 0.29) is 5.56 Å². The van der Waals surface area contributed by atoms with Gasteiger partial charge in [-0.15, -0.1) is 11.3 Å². The molecule has 28 heavy (non-hydrogen) atoms. The Morgan fingerprint density at radius 2 is 1.93 bits per heavy atom. The number of carbonyl (C=O) groups excluding carboxylic acids is 2. The van der Waals surface area contributed by atoms with Crippen molar-refractivity contribution in [2.45, 2.75) is 6.92 Å². The summed E-state index contributed by atoms with van der Waals surface area (Å²) in [7, 11) is 1.29. The summed E-state index contributed by atoms with van der Waals surface area (Å²) in [6, 6.07) is 14.5. The molecule has 6 nitrogen and oxygen atoms in total. The van der Waals surface area contributed by atoms with Crippen molar-refractivity contribution in [2.24, 2.45) is 0 Å². The van der Waals surface area contributed by atoms with Crippen LogP contribution in [0.15, 0.2) is 48.5 Å². The molecule has 0 atom stereocenters. The van der Waals surface area contributed by atoms with E-state index < -0.39 is 11.9 Å². The molecule has 0 aliphatic rings. The molecule has 0 saturated carbocycles. The lowest BCUT2D eigenvalue weighted by atomic mass is 10.1. The number of esters is 1. The molecule has 1 amide bonds. The molecule has 0 aliphatic heterocycles. The molecule has 0 aliphatic carbocycles. The third-order valence-corrected chi connectivity index (χ3v) is 5.65. The van der Waals surface area contributed by atoms with Crippen molar-refractivity contribution < 1.29 is 14.3 Å². The summed E-state index contributed by atoms with van der Waals surface area (Å²) in [6.45, 7) is 2.00. The fraction of sp³-hybridized carbons (Fsp3) is 0.0952. The first-order chi connectivity index (χ1) is 13.5. The van der Waals surface area contributed by atoms with Gasteiger partial charge in [-0.1, -0.05) is 30.3 Å². The van der Waals surface area contributed by atoms with Crippen LogP contribution in [0.4, 0.5) is 11.4 Å². The molecule has 140 valence electrons. The lowest BCUT2D eigenvalue weighted by molar-refractivity contribution is 0.0602. The van der Waals surface area contributed by atoms with E-state index in [4.69, 9.17) is 15.5 Å². The highest BCUT2D eigenvalue weighted by Gasteiger charge is 2.20. The van der Waals surface area contributed by atoms with Crippen molar-refractivity contribution in [2.75, 3.05) is 18.2 Å². The molecule has 0 spiro atoms. The maximum absolute atomic E-state index is 12.9. The Kier molecular flexibility index (Phi) is 4.44. The van der Waals surface area contributed by atoms with Crippen LogP contribution in [0, 0.1) is 6.92 Å². The fourth-order valence-electron chi connectivity index (χ4n) is 3.10. The molecular formula is C21H17N3O3S. The maximum Gasteiger partial charge on any atom is 0.339 e. The molecule has 4 aromatic rings. The van der Waals surface area contributed by atoms with Crippen LogP contribution in [0.1, 0.15) is 25.6 Å². The van der Waals surface area contributed by atoms with Gasteiger partial charge in [0.2, 0.25) is 0 Å². The molecule has 0 unspecified atom stereocenters. The molecule has 0 fully saturated rings. The van der Waals surface area contributed by atoms with E-state index in [9.17, 15) is 9.59 Å². The second-order valence-electron chi connectivity index (χ2n) is 6.32. The normalized spacial score (nSPS) is 10.9. The fourth-order valence-corrected chi connectivity index (χ4v) is 4.08. The second kappa shape index (κ2) is 6.94. The van der Waals surface area contributed by atoms with Gasteiger partial charge in [0.05, 0.1) is 29.6 Å². The van der Waals surface area contributed by atoms with Crippen molar-refractivity contribution >= 4 is 55.7 Å². The number of hydrogen-bond acceptors (Lipinski definition) is 6. The van der Waals surface area contributed by atoms with Gasteiger partial charge in [0.25, 0.3) is 5.91 Å². The van der Waals surface area contributed by atoms with Crippen molar-refractivity contribution in [3.8, 4) is 0 Å². The number of para-hydroxylation sites is 2. The van der Waals surface area contributed by atoms with E-state index >= 15 is 0 Å². The Labute approximate surface area is 164 Å². The number of nitrogens with one attached hydrogen (secondary N) is 1. The third kappa shape index (κ3) is 2.95. The van der Waals surface area contributed by atoms with Gasteiger partial charge in [0, 0.05) is 10.8 Å². The van der Waals surface area contributed by atoms with E-state index in [1.807, 2.05) is 31.2 Å². The molecule has 4 rings (SSSR count). The second-order valence-corrected chi connectivity index (χ2v) is 7.32. The number of rotatable bonds is 3. The van der Waals surface area contributed by atoms with Crippen LogP contribution in [0.5, 0.6) is 0 Å². The van der Waals surface area contributed by atoms with Gasteiger partial charge in [0.15, 0.2) is 0 Å². The van der Waals surface area contributed by atoms with E-state index in [1.165, 1.54) is 18.4 Å². The summed E-state index contributed by atoms with van der Waals surface area (Å²) in [5, 5.41) is 4.48. The van der Waals surface area contributed by atoms with Gasteiger partial charge in [0.1, 0.15) is 9.71 Å². The highest BCUT2D eigenvalue weighted by Crippen LogP contribution is 2.35. The van der Waals surface area contributed by atoms with Gasteiger partial charge in [-0.25, -0.2) is 9.78 Å². The average molecular weight is 391 g/mol. The molecular weight excluding hydrogens is 374 g/mol. The highest BCUT2D eigenvalue weighted by molar-refractivity contribution is 7.21. The topological polar surface area (TPSA) is 94.3 Å². The number of thiophene rings is 1. The zero-order valence-electron chi connectivity index (χ0n) is 15.3. The standard InChI is InChI=1S/C21H17N3O3S/c1-11-6-5-7-12-10-14-16(22)18(28-20(14)24-17(11)12)19(25)23-15-9-4-3-8-13(15)21(26)27-2/h3-10H,22H2,1-2H3,(H,23,25). The summed E-state index contributed by atoms with van der Waals surface area (Å²) in [6.07, 6.45) is 0. The van der Waals surface area contributed by atoms with E-state index in [1.54, 1.807) is 24.3 Å². The van der Waals surface area contributed by atoms with Crippen molar-refractivity contribution in [1.29, 1.82) is 0 Å². The number of hydrogen-bond donors (Lipinski definition) is 2. The SMILES string of the molecule is COC(=O)c1ccccc1NC(=O)c1sc2nc3c(C)cccc3cc2c1N. The summed E-state index contributed by atoms with van der Waals surface area (Å²) in [4.78, 5) is 30.5. The number of fused-ring (bicyclic) bond motifs is 2. The lowest BCUT2D eigenvalue weighted by Crippen LogP contribution is -2.15. The van der Waals surface area contributed by atoms with Gasteiger partial charge in [-0.3, -0.25) is 4.79 Å². The van der Waals surface area contributed by atoms with E-state index in [2.05, 4.69) is 5.32 Å². The number of ether oxygens (including phenoxy) is 1. The first-order valence-corrected chi connectivity index (χ1v) is 9.38. The Morgan fingerprint density at radius 1 is 1.14 bits per heavy atom. The quantitative estimate of drug-likeness (QED) is 0.506. The molecule has 0 radical (unpaired) electrons. The Hall–Kier alpha value is -3.45. The van der Waals surface area contributed by atoms with Crippen LogP contribution >= 0.6 is 11.3 Å². The zero-order valence-corrected chi connectivity index (χ0v) is 16.1. The minimum atomic E-state index is -0.524. The summed E-state index contributed by atoms with van der Waals surface area (Å²) in [5.41, 5.74) is 9.23. The summed E-state index contributed by atoms with van der Waals surface area (Å²) >= 11 is 1.23. The van der Waals surface area contributed by atoms with Crippen molar-refractivity contribution in [3.05, 3.63) is 64.5 Å².